The van der Waals surface area contributed by atoms with E-state index in [4.69, 9.17) is 5.73 Å². The lowest BCUT2D eigenvalue weighted by molar-refractivity contribution is 0.190. The minimum atomic E-state index is -3.18. The number of benzene rings is 1. The highest BCUT2D eigenvalue weighted by Crippen LogP contribution is 2.19. The lowest BCUT2D eigenvalue weighted by Gasteiger charge is -2.32. The summed E-state index contributed by atoms with van der Waals surface area (Å²) in [5.41, 5.74) is 6.84. The van der Waals surface area contributed by atoms with Gasteiger partial charge >= 0.3 is 0 Å². The van der Waals surface area contributed by atoms with Gasteiger partial charge in [0, 0.05) is 18.0 Å². The Kier molecular flexibility index (Phi) is 4.47. The van der Waals surface area contributed by atoms with Crippen LogP contribution >= 0.6 is 0 Å². The molecule has 0 amide bonds. The Labute approximate surface area is 136 Å². The van der Waals surface area contributed by atoms with Crippen LogP contribution in [0.2, 0.25) is 0 Å². The molecule has 0 spiro atoms. The fraction of sp³-hybridized carbons (Fsp3) is 0.467. The molecule has 1 fully saturated rings. The average molecular weight is 335 g/mol. The highest BCUT2D eigenvalue weighted by Gasteiger charge is 2.23. The zero-order valence-corrected chi connectivity index (χ0v) is 13.9. The van der Waals surface area contributed by atoms with Crippen LogP contribution in [0.4, 0.5) is 5.82 Å². The van der Waals surface area contributed by atoms with E-state index >= 15 is 0 Å². The van der Waals surface area contributed by atoms with E-state index in [1.54, 1.807) is 0 Å². The molecule has 1 atom stereocenters. The van der Waals surface area contributed by atoms with E-state index in [2.05, 4.69) is 19.6 Å². The van der Waals surface area contributed by atoms with Gasteiger partial charge in [0.1, 0.15) is 11.6 Å². The first-order valence-corrected chi connectivity index (χ1v) is 9.50. The lowest BCUT2D eigenvalue weighted by atomic mass is 10.1. The number of aromatic nitrogens is 2. The molecule has 0 aliphatic carbocycles. The molecule has 2 heterocycles. The molecule has 3 rings (SSSR count). The Morgan fingerprint density at radius 2 is 2.13 bits per heavy atom. The van der Waals surface area contributed by atoms with Crippen LogP contribution in [0.25, 0.3) is 10.9 Å². The van der Waals surface area contributed by atoms with E-state index in [1.165, 1.54) is 6.26 Å². The second-order valence-electron chi connectivity index (χ2n) is 6.01. The molecule has 1 aromatic carbocycles. The van der Waals surface area contributed by atoms with Crippen molar-refractivity contribution >= 4 is 26.7 Å². The van der Waals surface area contributed by atoms with Crippen molar-refractivity contribution in [3.8, 4) is 0 Å². The van der Waals surface area contributed by atoms with Gasteiger partial charge in [-0.2, -0.15) is 0 Å². The van der Waals surface area contributed by atoms with Gasteiger partial charge in [-0.25, -0.2) is 23.1 Å². The van der Waals surface area contributed by atoms with Crippen molar-refractivity contribution in [3.63, 3.8) is 0 Å². The second kappa shape index (κ2) is 6.38. The number of nitrogen functional groups attached to an aromatic ring is 1. The van der Waals surface area contributed by atoms with Gasteiger partial charge in [0.15, 0.2) is 0 Å². The fourth-order valence-electron chi connectivity index (χ4n) is 3.02. The normalized spacial score (nSPS) is 20.0. The molecule has 0 saturated carbocycles. The van der Waals surface area contributed by atoms with Crippen molar-refractivity contribution in [1.29, 1.82) is 0 Å². The van der Waals surface area contributed by atoms with E-state index in [0.29, 0.717) is 24.7 Å². The van der Waals surface area contributed by atoms with Gasteiger partial charge in [-0.15, -0.1) is 0 Å². The summed E-state index contributed by atoms with van der Waals surface area (Å²) in [6.45, 7) is 2.12. The number of rotatable bonds is 4. The molecule has 3 N–H and O–H groups in total. The first-order valence-electron chi connectivity index (χ1n) is 7.61. The Balaban J connectivity index is 1.74. The molecule has 124 valence electrons. The van der Waals surface area contributed by atoms with Crippen LogP contribution in [0.3, 0.4) is 0 Å². The molecule has 2 aromatic rings. The predicted molar refractivity (Wildman–Crippen MR) is 90.2 cm³/mol. The molecule has 1 saturated heterocycles. The van der Waals surface area contributed by atoms with Crippen LogP contribution in [0, 0.1) is 0 Å². The summed E-state index contributed by atoms with van der Waals surface area (Å²) >= 11 is 0. The minimum Gasteiger partial charge on any atom is -0.383 e. The molecule has 1 aliphatic heterocycles. The number of sulfonamides is 1. The number of hydrogen-bond donors (Lipinski definition) is 2. The first-order chi connectivity index (χ1) is 10.9. The van der Waals surface area contributed by atoms with Gasteiger partial charge in [-0.05, 0) is 31.5 Å². The number of piperidine rings is 1. The molecular formula is C15H21N5O2S. The molecule has 23 heavy (non-hydrogen) atoms. The maximum atomic E-state index is 11.4. The summed E-state index contributed by atoms with van der Waals surface area (Å²) in [6, 6.07) is 7.60. The topological polar surface area (TPSA) is 101 Å². The SMILES string of the molecule is CS(=O)(=O)N[C@@H]1CCCN(Cc2nc(N)c3ccccc3n2)C1. The average Bonchev–Trinajstić information content (AvgIpc) is 2.46. The Bertz CT molecular complexity index is 809. The number of nitrogens with two attached hydrogens (primary N) is 1. The monoisotopic (exact) mass is 335 g/mol. The van der Waals surface area contributed by atoms with Crippen LogP contribution in [0.5, 0.6) is 0 Å². The van der Waals surface area contributed by atoms with Gasteiger partial charge in [0.25, 0.3) is 0 Å². The fourth-order valence-corrected chi connectivity index (χ4v) is 3.82. The predicted octanol–water partition coefficient (Wildman–Crippen LogP) is 0.726. The Morgan fingerprint density at radius 1 is 1.35 bits per heavy atom. The van der Waals surface area contributed by atoms with Crippen LogP contribution in [0.15, 0.2) is 24.3 Å². The van der Waals surface area contributed by atoms with Crippen molar-refractivity contribution in [3.05, 3.63) is 30.1 Å². The van der Waals surface area contributed by atoms with Crippen LogP contribution in [0.1, 0.15) is 18.7 Å². The van der Waals surface area contributed by atoms with Gasteiger partial charge in [0.05, 0.1) is 18.3 Å². The summed E-state index contributed by atoms with van der Waals surface area (Å²) in [4.78, 5) is 11.1. The first kappa shape index (κ1) is 16.1. The van der Waals surface area contributed by atoms with E-state index < -0.39 is 10.0 Å². The molecule has 0 radical (unpaired) electrons. The molecule has 7 nitrogen and oxygen atoms in total. The lowest BCUT2D eigenvalue weighted by Crippen LogP contribution is -2.47. The number of anilines is 1. The number of hydrogen-bond acceptors (Lipinski definition) is 6. The van der Waals surface area contributed by atoms with E-state index in [1.807, 2.05) is 24.3 Å². The van der Waals surface area contributed by atoms with E-state index in [-0.39, 0.29) is 6.04 Å². The van der Waals surface area contributed by atoms with E-state index in [9.17, 15) is 8.42 Å². The number of likely N-dealkylation sites (tertiary alicyclic amines) is 1. The zero-order chi connectivity index (χ0) is 16.4. The van der Waals surface area contributed by atoms with Gasteiger partial charge in [0.2, 0.25) is 10.0 Å². The Hall–Kier alpha value is -1.77. The highest BCUT2D eigenvalue weighted by atomic mass is 32.2. The van der Waals surface area contributed by atoms with Gasteiger partial charge < -0.3 is 5.73 Å². The molecule has 0 bridgehead atoms. The smallest absolute Gasteiger partial charge is 0.208 e. The standard InChI is InChI=1S/C15H21N5O2S/c1-23(21,22)19-11-5-4-8-20(9-11)10-14-17-13-7-3-2-6-12(13)15(16)18-14/h2-3,6-7,11,19H,4-5,8-10H2,1H3,(H2,16,17,18)/t11-/m1/s1. The number of fused-ring (bicyclic) bond motifs is 1. The number of para-hydroxylation sites is 1. The zero-order valence-electron chi connectivity index (χ0n) is 13.1. The van der Waals surface area contributed by atoms with Gasteiger partial charge in [-0.3, -0.25) is 4.90 Å². The third kappa shape index (κ3) is 4.15. The number of nitrogens with zero attached hydrogens (tertiary/aromatic N) is 3. The summed E-state index contributed by atoms with van der Waals surface area (Å²) in [5, 5.41) is 0.853. The van der Waals surface area contributed by atoms with Crippen LogP contribution in [-0.4, -0.2) is 48.7 Å². The Morgan fingerprint density at radius 3 is 2.91 bits per heavy atom. The summed E-state index contributed by atoms with van der Waals surface area (Å²) in [5.74, 6) is 1.15. The van der Waals surface area contributed by atoms with Crippen molar-refractivity contribution in [1.82, 2.24) is 19.6 Å². The quantitative estimate of drug-likeness (QED) is 0.854. The van der Waals surface area contributed by atoms with Crippen LogP contribution < -0.4 is 10.5 Å². The highest BCUT2D eigenvalue weighted by molar-refractivity contribution is 7.88. The van der Waals surface area contributed by atoms with Crippen molar-refractivity contribution < 1.29 is 8.42 Å². The summed E-state index contributed by atoms with van der Waals surface area (Å²) in [7, 11) is -3.18. The maximum absolute atomic E-state index is 11.4. The third-order valence-corrected chi connectivity index (χ3v) is 4.69. The summed E-state index contributed by atoms with van der Waals surface area (Å²) < 4.78 is 25.4. The minimum absolute atomic E-state index is 0.0587. The molecular weight excluding hydrogens is 314 g/mol. The van der Waals surface area contributed by atoms with Crippen LogP contribution in [-0.2, 0) is 16.6 Å². The van der Waals surface area contributed by atoms with Gasteiger partial charge in [-0.1, -0.05) is 12.1 Å². The molecule has 1 aromatic heterocycles. The third-order valence-electron chi connectivity index (χ3n) is 3.93. The number of nitrogens with one attached hydrogen (secondary N) is 1. The molecule has 1 aliphatic rings. The molecule has 8 heteroatoms. The summed E-state index contributed by atoms with van der Waals surface area (Å²) in [6.07, 6.45) is 2.99. The maximum Gasteiger partial charge on any atom is 0.208 e. The second-order valence-corrected chi connectivity index (χ2v) is 7.79. The van der Waals surface area contributed by atoms with E-state index in [0.717, 1.165) is 30.3 Å². The largest absolute Gasteiger partial charge is 0.383 e. The van der Waals surface area contributed by atoms with Crippen molar-refractivity contribution in [2.45, 2.75) is 25.4 Å². The van der Waals surface area contributed by atoms with Crippen molar-refractivity contribution in [2.75, 3.05) is 25.1 Å². The molecule has 0 unspecified atom stereocenters. The van der Waals surface area contributed by atoms with Crippen molar-refractivity contribution in [2.24, 2.45) is 0 Å².